The van der Waals surface area contributed by atoms with Crippen LogP contribution in [-0.4, -0.2) is 49.5 Å². The Bertz CT molecular complexity index is 1350. The molecule has 12 heteroatoms. The molecule has 0 bridgehead atoms. The van der Waals surface area contributed by atoms with E-state index < -0.39 is 30.2 Å². The van der Waals surface area contributed by atoms with Crippen LogP contribution < -0.4 is 20.1 Å². The highest BCUT2D eigenvalue weighted by molar-refractivity contribution is 9.10. The Morgan fingerprint density at radius 2 is 1.84 bits per heavy atom. The SMILES string of the molecule is CCCC[C@@H](COC(=O)N(Cc1ccc(Br)cc1)Cc1cccs1)NC(=O)N[C@@H](CC(=O)OC)c1ccc2c(c1)OCO2. The molecule has 230 valence electrons. The Balaban J connectivity index is 1.40. The molecule has 2 aromatic carbocycles. The van der Waals surface area contributed by atoms with Crippen LogP contribution in [0.1, 0.15) is 54.7 Å². The van der Waals surface area contributed by atoms with Crippen LogP contribution in [0.15, 0.2) is 64.5 Å². The van der Waals surface area contributed by atoms with Crippen molar-refractivity contribution in [2.75, 3.05) is 20.5 Å². The first-order valence-electron chi connectivity index (χ1n) is 14.1. The second kappa shape index (κ2) is 16.2. The quantitative estimate of drug-likeness (QED) is 0.187. The number of rotatable bonds is 14. The molecule has 3 amide bonds. The average molecular weight is 675 g/mol. The number of methoxy groups -OCH3 is 1. The fourth-order valence-electron chi connectivity index (χ4n) is 4.51. The standard InChI is InChI=1S/C31H36BrN3O7S/c1-3-4-6-24(19-40-31(38)35(18-25-7-5-14-43-25)17-21-8-11-23(32)12-9-21)33-30(37)34-26(16-29(36)39-2)22-10-13-27-28(15-22)42-20-41-27/h5,7-15,24,26H,3-4,6,16-20H2,1-2H3,(H2,33,34,37)/t24-,26-/m0/s1. The van der Waals surface area contributed by atoms with Crippen LogP contribution >= 0.6 is 27.3 Å². The van der Waals surface area contributed by atoms with E-state index in [1.165, 1.54) is 7.11 Å². The number of fused-ring (bicyclic) bond motifs is 1. The molecule has 0 radical (unpaired) electrons. The summed E-state index contributed by atoms with van der Waals surface area (Å²) in [7, 11) is 1.30. The minimum Gasteiger partial charge on any atom is -0.469 e. The molecule has 2 N–H and O–H groups in total. The van der Waals surface area contributed by atoms with Crippen molar-refractivity contribution in [3.63, 3.8) is 0 Å². The van der Waals surface area contributed by atoms with E-state index in [2.05, 4.69) is 33.5 Å². The number of ether oxygens (including phenoxy) is 4. The Morgan fingerprint density at radius 3 is 2.56 bits per heavy atom. The van der Waals surface area contributed by atoms with Crippen molar-refractivity contribution in [2.45, 2.75) is 57.8 Å². The third-order valence-corrected chi connectivity index (χ3v) is 8.21. The van der Waals surface area contributed by atoms with Crippen molar-refractivity contribution in [1.29, 1.82) is 0 Å². The van der Waals surface area contributed by atoms with Gasteiger partial charge in [0.15, 0.2) is 11.5 Å². The minimum atomic E-state index is -0.677. The summed E-state index contributed by atoms with van der Waals surface area (Å²) in [5, 5.41) is 7.78. The number of hydrogen-bond acceptors (Lipinski definition) is 8. The zero-order chi connectivity index (χ0) is 30.6. The maximum absolute atomic E-state index is 13.3. The molecule has 0 saturated carbocycles. The number of carbonyl (C=O) groups excluding carboxylic acids is 3. The summed E-state index contributed by atoms with van der Waals surface area (Å²) in [6, 6.07) is 15.4. The third-order valence-electron chi connectivity index (χ3n) is 6.82. The van der Waals surface area contributed by atoms with Crippen LogP contribution in [0.2, 0.25) is 0 Å². The molecule has 1 aliphatic heterocycles. The van der Waals surface area contributed by atoms with Crippen molar-refractivity contribution in [3.05, 3.63) is 80.5 Å². The number of nitrogens with one attached hydrogen (secondary N) is 2. The van der Waals surface area contributed by atoms with Crippen LogP contribution in [0, 0.1) is 0 Å². The first-order valence-corrected chi connectivity index (χ1v) is 15.7. The Kier molecular flexibility index (Phi) is 12.1. The summed E-state index contributed by atoms with van der Waals surface area (Å²) < 4.78 is 22.4. The van der Waals surface area contributed by atoms with Crippen molar-refractivity contribution in [1.82, 2.24) is 15.5 Å². The van der Waals surface area contributed by atoms with E-state index in [-0.39, 0.29) is 19.8 Å². The van der Waals surface area contributed by atoms with E-state index in [0.717, 1.165) is 27.8 Å². The molecule has 2 atom stereocenters. The van der Waals surface area contributed by atoms with Crippen molar-refractivity contribution < 1.29 is 33.3 Å². The molecule has 0 saturated heterocycles. The lowest BCUT2D eigenvalue weighted by Crippen LogP contribution is -2.46. The molecule has 1 aliphatic rings. The molecule has 0 unspecified atom stereocenters. The predicted molar refractivity (Wildman–Crippen MR) is 166 cm³/mol. The van der Waals surface area contributed by atoms with Gasteiger partial charge in [0.1, 0.15) is 6.61 Å². The maximum Gasteiger partial charge on any atom is 0.410 e. The van der Waals surface area contributed by atoms with Gasteiger partial charge in [-0.25, -0.2) is 9.59 Å². The summed E-state index contributed by atoms with van der Waals surface area (Å²) in [5.74, 6) is 0.660. The van der Waals surface area contributed by atoms with Crippen LogP contribution in [0.25, 0.3) is 0 Å². The molecule has 1 aromatic heterocycles. The highest BCUT2D eigenvalue weighted by atomic mass is 79.9. The monoisotopic (exact) mass is 673 g/mol. The first-order chi connectivity index (χ1) is 20.8. The van der Waals surface area contributed by atoms with E-state index in [1.54, 1.807) is 34.4 Å². The first kappa shape index (κ1) is 32.2. The number of hydrogen-bond donors (Lipinski definition) is 2. The van der Waals surface area contributed by atoms with Gasteiger partial charge < -0.3 is 29.6 Å². The largest absolute Gasteiger partial charge is 0.469 e. The Labute approximate surface area is 263 Å². The number of urea groups is 1. The summed E-state index contributed by atoms with van der Waals surface area (Å²) in [5.41, 5.74) is 1.63. The maximum atomic E-state index is 13.3. The lowest BCUT2D eigenvalue weighted by atomic mass is 10.0. The number of unbranched alkanes of at least 4 members (excludes halogenated alkanes) is 1. The topological polar surface area (TPSA) is 115 Å². The molecule has 2 heterocycles. The lowest BCUT2D eigenvalue weighted by molar-refractivity contribution is -0.141. The molecule has 0 fully saturated rings. The summed E-state index contributed by atoms with van der Waals surface area (Å²) in [4.78, 5) is 41.3. The fraction of sp³-hybridized carbons (Fsp3) is 0.387. The molecular formula is C31H36BrN3O7S. The highest BCUT2D eigenvalue weighted by Crippen LogP contribution is 2.35. The van der Waals surface area contributed by atoms with E-state index in [4.69, 9.17) is 18.9 Å². The van der Waals surface area contributed by atoms with E-state index in [0.29, 0.717) is 36.6 Å². The van der Waals surface area contributed by atoms with E-state index >= 15 is 0 Å². The molecule has 0 spiro atoms. The number of thiophene rings is 1. The van der Waals surface area contributed by atoms with Crippen molar-refractivity contribution in [3.8, 4) is 11.5 Å². The van der Waals surface area contributed by atoms with Gasteiger partial charge in [-0.2, -0.15) is 0 Å². The van der Waals surface area contributed by atoms with Gasteiger partial charge in [0, 0.05) is 15.9 Å². The van der Waals surface area contributed by atoms with Crippen LogP contribution in [-0.2, 0) is 27.4 Å². The molecule has 3 aromatic rings. The van der Waals surface area contributed by atoms with E-state index in [1.807, 2.05) is 41.8 Å². The second-order valence-corrected chi connectivity index (χ2v) is 12.0. The Morgan fingerprint density at radius 1 is 1.05 bits per heavy atom. The van der Waals surface area contributed by atoms with Crippen molar-refractivity contribution >= 4 is 45.4 Å². The van der Waals surface area contributed by atoms with Crippen LogP contribution in [0.3, 0.4) is 0 Å². The normalized spacial score (nSPS) is 13.1. The molecule has 43 heavy (non-hydrogen) atoms. The fourth-order valence-corrected chi connectivity index (χ4v) is 5.50. The number of esters is 1. The van der Waals surface area contributed by atoms with Gasteiger partial charge in [0.05, 0.1) is 32.2 Å². The van der Waals surface area contributed by atoms with E-state index in [9.17, 15) is 14.4 Å². The number of halogens is 1. The van der Waals surface area contributed by atoms with Gasteiger partial charge in [0.25, 0.3) is 0 Å². The minimum absolute atomic E-state index is 0.000770. The molecular weight excluding hydrogens is 638 g/mol. The number of nitrogens with zero attached hydrogens (tertiary/aromatic N) is 1. The van der Waals surface area contributed by atoms with Gasteiger partial charge in [-0.15, -0.1) is 11.3 Å². The zero-order valence-electron chi connectivity index (χ0n) is 24.2. The Hall–Kier alpha value is -3.77. The third kappa shape index (κ3) is 9.89. The zero-order valence-corrected chi connectivity index (χ0v) is 26.6. The number of benzene rings is 2. The van der Waals surface area contributed by atoms with Gasteiger partial charge in [-0.3, -0.25) is 9.69 Å². The van der Waals surface area contributed by atoms with Gasteiger partial charge in [-0.05, 0) is 53.3 Å². The highest BCUT2D eigenvalue weighted by Gasteiger charge is 2.25. The molecule has 0 aliphatic carbocycles. The number of amides is 3. The van der Waals surface area contributed by atoms with Gasteiger partial charge in [0.2, 0.25) is 6.79 Å². The van der Waals surface area contributed by atoms with Crippen molar-refractivity contribution in [2.24, 2.45) is 0 Å². The summed E-state index contributed by atoms with van der Waals surface area (Å²) >= 11 is 5.02. The summed E-state index contributed by atoms with van der Waals surface area (Å²) in [6.45, 7) is 2.95. The average Bonchev–Trinajstić information content (AvgIpc) is 3.70. The molecule has 4 rings (SSSR count). The predicted octanol–water partition coefficient (Wildman–Crippen LogP) is 6.54. The molecule has 10 nitrogen and oxygen atoms in total. The summed E-state index contributed by atoms with van der Waals surface area (Å²) in [6.07, 6.45) is 1.80. The van der Waals surface area contributed by atoms with Gasteiger partial charge >= 0.3 is 18.1 Å². The van der Waals surface area contributed by atoms with Crippen LogP contribution in [0.5, 0.6) is 11.5 Å². The number of carbonyl (C=O) groups is 3. The van der Waals surface area contributed by atoms with Gasteiger partial charge in [-0.1, -0.05) is 60.0 Å². The lowest BCUT2D eigenvalue weighted by Gasteiger charge is -2.25. The van der Waals surface area contributed by atoms with Crippen LogP contribution in [0.4, 0.5) is 9.59 Å². The smallest absolute Gasteiger partial charge is 0.410 e. The second-order valence-electron chi connectivity index (χ2n) is 10.0.